The Kier molecular flexibility index (Phi) is 4.95. The van der Waals surface area contributed by atoms with Gasteiger partial charge < -0.3 is 14.4 Å². The second kappa shape index (κ2) is 7.51. The number of likely N-dealkylation sites (tertiary alicyclic amines) is 1. The van der Waals surface area contributed by atoms with Crippen molar-refractivity contribution in [3.8, 4) is 0 Å². The van der Waals surface area contributed by atoms with Gasteiger partial charge in [-0.15, -0.1) is 0 Å². The molecule has 2 saturated heterocycles. The van der Waals surface area contributed by atoms with Crippen LogP contribution in [0.5, 0.6) is 0 Å². The van der Waals surface area contributed by atoms with E-state index >= 15 is 0 Å². The van der Waals surface area contributed by atoms with Crippen LogP contribution >= 0.6 is 0 Å². The van der Waals surface area contributed by atoms with Crippen molar-refractivity contribution < 1.29 is 14.3 Å². The molecule has 2 aromatic rings. The fourth-order valence-electron chi connectivity index (χ4n) is 3.95. The molecule has 26 heavy (non-hydrogen) atoms. The summed E-state index contributed by atoms with van der Waals surface area (Å²) in [5, 5.41) is 0. The summed E-state index contributed by atoms with van der Waals surface area (Å²) in [7, 11) is 0. The first-order chi connectivity index (χ1) is 12.8. The fraction of sp³-hybridized carbons (Fsp3) is 0.450. The molecule has 0 bridgehead atoms. The SMILES string of the molecule is O=C(c1cccnc1)N1CC[C@@H]2OCC[C@]2(COCc2ccncc2)C1. The van der Waals surface area contributed by atoms with Gasteiger partial charge in [0.05, 0.1) is 24.9 Å². The molecule has 2 aromatic heterocycles. The van der Waals surface area contributed by atoms with Crippen LogP contribution in [-0.2, 0) is 16.1 Å². The van der Waals surface area contributed by atoms with Gasteiger partial charge in [-0.1, -0.05) is 0 Å². The summed E-state index contributed by atoms with van der Waals surface area (Å²) in [4.78, 5) is 22.8. The topological polar surface area (TPSA) is 64.6 Å². The van der Waals surface area contributed by atoms with Crippen molar-refractivity contribution in [1.82, 2.24) is 14.9 Å². The predicted octanol–water partition coefficient (Wildman–Crippen LogP) is 2.31. The van der Waals surface area contributed by atoms with Gasteiger partial charge in [-0.25, -0.2) is 0 Å². The van der Waals surface area contributed by atoms with E-state index in [0.717, 1.165) is 25.0 Å². The van der Waals surface area contributed by atoms with Gasteiger partial charge in [-0.2, -0.15) is 0 Å². The maximum Gasteiger partial charge on any atom is 0.255 e. The second-order valence-electron chi connectivity index (χ2n) is 7.08. The number of carbonyl (C=O) groups excluding carboxylic acids is 1. The summed E-state index contributed by atoms with van der Waals surface area (Å²) in [6.45, 7) is 3.26. The van der Waals surface area contributed by atoms with E-state index in [0.29, 0.717) is 31.9 Å². The summed E-state index contributed by atoms with van der Waals surface area (Å²) in [5.74, 6) is 0.0389. The van der Waals surface area contributed by atoms with Crippen molar-refractivity contribution in [2.24, 2.45) is 5.41 Å². The summed E-state index contributed by atoms with van der Waals surface area (Å²) in [6, 6.07) is 7.53. The molecule has 136 valence electrons. The number of ether oxygens (including phenoxy) is 2. The first-order valence-electron chi connectivity index (χ1n) is 9.04. The molecule has 6 heteroatoms. The number of amides is 1. The van der Waals surface area contributed by atoms with Gasteiger partial charge in [-0.3, -0.25) is 14.8 Å². The van der Waals surface area contributed by atoms with E-state index < -0.39 is 0 Å². The smallest absolute Gasteiger partial charge is 0.255 e. The molecular weight excluding hydrogens is 330 g/mol. The third-order valence-electron chi connectivity index (χ3n) is 5.37. The number of carbonyl (C=O) groups is 1. The number of aromatic nitrogens is 2. The van der Waals surface area contributed by atoms with E-state index in [1.54, 1.807) is 30.9 Å². The number of hydrogen-bond donors (Lipinski definition) is 0. The lowest BCUT2D eigenvalue weighted by molar-refractivity contribution is -0.0602. The zero-order valence-electron chi connectivity index (χ0n) is 14.7. The van der Waals surface area contributed by atoms with Gasteiger partial charge in [0.1, 0.15) is 0 Å². The average Bonchev–Trinajstić information content (AvgIpc) is 3.12. The number of pyridine rings is 2. The molecule has 6 nitrogen and oxygen atoms in total. The highest BCUT2D eigenvalue weighted by atomic mass is 16.5. The Bertz CT molecular complexity index is 740. The Morgan fingerprint density at radius 2 is 2.15 bits per heavy atom. The second-order valence-corrected chi connectivity index (χ2v) is 7.08. The summed E-state index contributed by atoms with van der Waals surface area (Å²) < 4.78 is 12.0. The molecule has 0 spiro atoms. The molecule has 0 N–H and O–H groups in total. The highest BCUT2D eigenvalue weighted by Crippen LogP contribution is 2.41. The van der Waals surface area contributed by atoms with Crippen LogP contribution < -0.4 is 0 Å². The molecule has 2 fully saturated rings. The summed E-state index contributed by atoms with van der Waals surface area (Å²) in [5.41, 5.74) is 1.62. The average molecular weight is 353 g/mol. The highest BCUT2D eigenvalue weighted by molar-refractivity contribution is 5.94. The maximum absolute atomic E-state index is 12.8. The molecule has 2 aliphatic heterocycles. The molecule has 0 aliphatic carbocycles. The minimum absolute atomic E-state index is 0.0389. The first kappa shape index (κ1) is 17.1. The number of piperidine rings is 1. The zero-order valence-corrected chi connectivity index (χ0v) is 14.7. The van der Waals surface area contributed by atoms with Gasteiger partial charge in [0.25, 0.3) is 5.91 Å². The van der Waals surface area contributed by atoms with E-state index in [2.05, 4.69) is 9.97 Å². The molecule has 0 radical (unpaired) electrons. The lowest BCUT2D eigenvalue weighted by atomic mass is 9.77. The fourth-order valence-corrected chi connectivity index (χ4v) is 3.95. The Morgan fingerprint density at radius 3 is 2.96 bits per heavy atom. The summed E-state index contributed by atoms with van der Waals surface area (Å²) >= 11 is 0. The molecule has 2 atom stereocenters. The van der Waals surface area contributed by atoms with Crippen molar-refractivity contribution in [2.75, 3.05) is 26.3 Å². The van der Waals surface area contributed by atoms with Crippen molar-refractivity contribution >= 4 is 5.91 Å². The molecule has 2 aliphatic rings. The first-order valence-corrected chi connectivity index (χ1v) is 9.04. The van der Waals surface area contributed by atoms with Crippen molar-refractivity contribution in [2.45, 2.75) is 25.6 Å². The third-order valence-corrected chi connectivity index (χ3v) is 5.37. The van der Waals surface area contributed by atoms with Crippen LogP contribution in [-0.4, -0.2) is 53.2 Å². The van der Waals surface area contributed by atoms with Gasteiger partial charge in [-0.05, 0) is 42.7 Å². The normalized spacial score (nSPS) is 25.1. The molecule has 0 aromatic carbocycles. The molecule has 4 heterocycles. The Balaban J connectivity index is 1.43. The molecule has 0 unspecified atom stereocenters. The number of hydrogen-bond acceptors (Lipinski definition) is 5. The lowest BCUT2D eigenvalue weighted by Crippen LogP contribution is -2.53. The quantitative estimate of drug-likeness (QED) is 0.825. The van der Waals surface area contributed by atoms with Crippen molar-refractivity contribution in [3.05, 3.63) is 60.2 Å². The molecule has 1 amide bonds. The van der Waals surface area contributed by atoms with Crippen LogP contribution in [0.15, 0.2) is 49.1 Å². The molecule has 4 rings (SSSR count). The van der Waals surface area contributed by atoms with Crippen LogP contribution in [0.1, 0.15) is 28.8 Å². The van der Waals surface area contributed by atoms with Gasteiger partial charge >= 0.3 is 0 Å². The monoisotopic (exact) mass is 353 g/mol. The minimum Gasteiger partial charge on any atom is -0.377 e. The number of rotatable bonds is 5. The molecular formula is C20H23N3O3. The van der Waals surface area contributed by atoms with E-state index in [1.165, 1.54) is 0 Å². The minimum atomic E-state index is -0.122. The predicted molar refractivity (Wildman–Crippen MR) is 95.4 cm³/mol. The maximum atomic E-state index is 12.8. The van der Waals surface area contributed by atoms with Crippen molar-refractivity contribution in [1.29, 1.82) is 0 Å². The van der Waals surface area contributed by atoms with E-state index in [9.17, 15) is 4.79 Å². The van der Waals surface area contributed by atoms with E-state index in [4.69, 9.17) is 9.47 Å². The zero-order chi connectivity index (χ0) is 17.8. The van der Waals surface area contributed by atoms with Crippen LogP contribution in [0, 0.1) is 5.41 Å². The van der Waals surface area contributed by atoms with Crippen LogP contribution in [0.25, 0.3) is 0 Å². The van der Waals surface area contributed by atoms with Crippen LogP contribution in [0.4, 0.5) is 0 Å². The Labute approximate surface area is 153 Å². The molecule has 0 saturated carbocycles. The Hall–Kier alpha value is -2.31. The van der Waals surface area contributed by atoms with E-state index in [-0.39, 0.29) is 17.4 Å². The van der Waals surface area contributed by atoms with Crippen LogP contribution in [0.3, 0.4) is 0 Å². The van der Waals surface area contributed by atoms with Crippen LogP contribution in [0.2, 0.25) is 0 Å². The third kappa shape index (κ3) is 3.48. The largest absolute Gasteiger partial charge is 0.377 e. The lowest BCUT2D eigenvalue weighted by Gasteiger charge is -2.43. The number of nitrogens with zero attached hydrogens (tertiary/aromatic N) is 3. The van der Waals surface area contributed by atoms with Crippen molar-refractivity contribution in [3.63, 3.8) is 0 Å². The van der Waals surface area contributed by atoms with E-state index in [1.807, 2.05) is 23.1 Å². The van der Waals surface area contributed by atoms with Gasteiger partial charge in [0.15, 0.2) is 0 Å². The standard InChI is InChI=1S/C20H23N3O3/c24-19(17-2-1-7-22-12-17)23-10-5-18-20(14-23,6-11-26-18)15-25-13-16-3-8-21-9-4-16/h1-4,7-9,12,18H,5-6,10-11,13-15H2/t18-,20+/m0/s1. The van der Waals surface area contributed by atoms with Gasteiger partial charge in [0, 0.05) is 49.9 Å². The highest BCUT2D eigenvalue weighted by Gasteiger charge is 2.49. The number of fused-ring (bicyclic) bond motifs is 1. The Morgan fingerprint density at radius 1 is 1.27 bits per heavy atom. The van der Waals surface area contributed by atoms with Gasteiger partial charge in [0.2, 0.25) is 0 Å². The summed E-state index contributed by atoms with van der Waals surface area (Å²) in [6.07, 6.45) is 8.79.